The highest BCUT2D eigenvalue weighted by atomic mass is 32.2. The van der Waals surface area contributed by atoms with Crippen molar-refractivity contribution in [3.05, 3.63) is 0 Å². The summed E-state index contributed by atoms with van der Waals surface area (Å²) in [7, 11) is 2.00. The lowest BCUT2D eigenvalue weighted by atomic mass is 10.0. The van der Waals surface area contributed by atoms with Gasteiger partial charge >= 0.3 is 0 Å². The summed E-state index contributed by atoms with van der Waals surface area (Å²) in [6, 6.07) is 0.457. The predicted octanol–water partition coefficient (Wildman–Crippen LogP) is 1.41. The second-order valence-electron chi connectivity index (χ2n) is 5.93. The third-order valence-corrected chi connectivity index (χ3v) is 6.03. The topological polar surface area (TPSA) is 35.6 Å². The summed E-state index contributed by atoms with van der Waals surface area (Å²) < 4.78 is 0. The molecule has 0 aliphatic carbocycles. The van der Waals surface area contributed by atoms with Crippen LogP contribution in [-0.4, -0.2) is 72.5 Å². The highest BCUT2D eigenvalue weighted by Gasteiger charge is 2.25. The number of nitrogens with zero attached hydrogens (tertiary/aromatic N) is 2. The van der Waals surface area contributed by atoms with Crippen molar-refractivity contribution in [1.82, 2.24) is 15.1 Å². The number of likely N-dealkylation sites (tertiary alicyclic amines) is 1. The standard InChI is InChI=1S/C15H29N3OS/c1-3-18-10-6-13(7-11-18)17(2)15(19)12-20-14-4-8-16-9-5-14/h13-14,16H,3-12H2,1-2H3. The van der Waals surface area contributed by atoms with Gasteiger partial charge in [-0.05, 0) is 45.3 Å². The number of hydrogen-bond acceptors (Lipinski definition) is 4. The van der Waals surface area contributed by atoms with Crippen molar-refractivity contribution in [2.24, 2.45) is 0 Å². The Kier molecular flexibility index (Phi) is 6.65. The average Bonchev–Trinajstić information content (AvgIpc) is 2.53. The quantitative estimate of drug-likeness (QED) is 0.833. The van der Waals surface area contributed by atoms with Gasteiger partial charge in [-0.15, -0.1) is 11.8 Å². The van der Waals surface area contributed by atoms with E-state index in [2.05, 4.69) is 17.1 Å². The van der Waals surface area contributed by atoms with Crippen molar-refractivity contribution < 1.29 is 4.79 Å². The average molecular weight is 299 g/mol. The highest BCUT2D eigenvalue weighted by molar-refractivity contribution is 8.00. The van der Waals surface area contributed by atoms with Gasteiger partial charge in [0.25, 0.3) is 0 Å². The minimum atomic E-state index is 0.323. The number of piperidine rings is 2. The smallest absolute Gasteiger partial charge is 0.232 e. The minimum Gasteiger partial charge on any atom is -0.342 e. The Hall–Kier alpha value is -0.260. The molecule has 1 amide bonds. The molecule has 5 heteroatoms. The SMILES string of the molecule is CCN1CCC(N(C)C(=O)CSC2CCNCC2)CC1. The Morgan fingerprint density at radius 1 is 1.25 bits per heavy atom. The molecule has 2 rings (SSSR count). The zero-order valence-corrected chi connectivity index (χ0v) is 13.8. The van der Waals surface area contributed by atoms with Gasteiger partial charge in [0.2, 0.25) is 5.91 Å². The number of carbonyl (C=O) groups is 1. The first-order chi connectivity index (χ1) is 9.70. The fraction of sp³-hybridized carbons (Fsp3) is 0.933. The Morgan fingerprint density at radius 3 is 2.50 bits per heavy atom. The largest absolute Gasteiger partial charge is 0.342 e. The molecule has 20 heavy (non-hydrogen) atoms. The van der Waals surface area contributed by atoms with Crippen molar-refractivity contribution in [2.45, 2.75) is 43.9 Å². The van der Waals surface area contributed by atoms with Gasteiger partial charge < -0.3 is 15.1 Å². The van der Waals surface area contributed by atoms with Crippen LogP contribution in [0.2, 0.25) is 0 Å². The van der Waals surface area contributed by atoms with Crippen molar-refractivity contribution in [2.75, 3.05) is 45.5 Å². The molecule has 0 spiro atoms. The molecule has 0 aromatic heterocycles. The molecule has 2 fully saturated rings. The second-order valence-corrected chi connectivity index (χ2v) is 7.22. The van der Waals surface area contributed by atoms with E-state index < -0.39 is 0 Å². The van der Waals surface area contributed by atoms with Gasteiger partial charge in [-0.25, -0.2) is 0 Å². The molecule has 0 aromatic rings. The molecule has 2 saturated heterocycles. The van der Waals surface area contributed by atoms with Gasteiger partial charge in [0.05, 0.1) is 5.75 Å². The molecule has 0 atom stereocenters. The summed E-state index contributed by atoms with van der Waals surface area (Å²) in [5.74, 6) is 0.985. The minimum absolute atomic E-state index is 0.323. The molecule has 0 saturated carbocycles. The Bertz CT molecular complexity index is 299. The van der Waals surface area contributed by atoms with Crippen molar-refractivity contribution in [1.29, 1.82) is 0 Å². The van der Waals surface area contributed by atoms with Crippen LogP contribution in [0.15, 0.2) is 0 Å². The number of hydrogen-bond donors (Lipinski definition) is 1. The van der Waals surface area contributed by atoms with Gasteiger partial charge in [0.1, 0.15) is 0 Å². The van der Waals surface area contributed by atoms with Gasteiger partial charge in [-0.2, -0.15) is 0 Å². The van der Waals surface area contributed by atoms with Crippen LogP contribution in [0.5, 0.6) is 0 Å². The third-order valence-electron chi connectivity index (χ3n) is 4.67. The molecule has 0 bridgehead atoms. The first kappa shape index (κ1) is 16.1. The summed E-state index contributed by atoms with van der Waals surface area (Å²) in [4.78, 5) is 16.8. The van der Waals surface area contributed by atoms with Crippen LogP contribution in [0.1, 0.15) is 32.6 Å². The van der Waals surface area contributed by atoms with Crippen LogP contribution in [0.4, 0.5) is 0 Å². The van der Waals surface area contributed by atoms with E-state index in [1.54, 1.807) is 0 Å². The maximum Gasteiger partial charge on any atom is 0.232 e. The van der Waals surface area contributed by atoms with Gasteiger partial charge in [0.15, 0.2) is 0 Å². The molecule has 116 valence electrons. The van der Waals surface area contributed by atoms with Gasteiger partial charge in [-0.3, -0.25) is 4.79 Å². The van der Waals surface area contributed by atoms with Crippen LogP contribution < -0.4 is 5.32 Å². The molecule has 0 radical (unpaired) electrons. The number of rotatable bonds is 5. The Balaban J connectivity index is 1.69. The normalized spacial score (nSPS) is 22.9. The van der Waals surface area contributed by atoms with Crippen molar-refractivity contribution in [3.63, 3.8) is 0 Å². The zero-order chi connectivity index (χ0) is 14.4. The summed E-state index contributed by atoms with van der Waals surface area (Å²) in [5.41, 5.74) is 0. The van der Waals surface area contributed by atoms with E-state index in [1.807, 2.05) is 23.7 Å². The summed E-state index contributed by atoms with van der Waals surface area (Å²) in [5, 5.41) is 4.05. The Labute approximate surface area is 127 Å². The van der Waals surface area contributed by atoms with E-state index >= 15 is 0 Å². The van der Waals surface area contributed by atoms with E-state index in [4.69, 9.17) is 0 Å². The lowest BCUT2D eigenvalue weighted by molar-refractivity contribution is -0.129. The molecule has 2 aliphatic rings. The first-order valence-electron chi connectivity index (χ1n) is 8.01. The molecule has 0 aromatic carbocycles. The molecule has 1 N–H and O–H groups in total. The van der Waals surface area contributed by atoms with Crippen molar-refractivity contribution in [3.8, 4) is 0 Å². The molecular weight excluding hydrogens is 270 g/mol. The molecule has 0 unspecified atom stereocenters. The van der Waals surface area contributed by atoms with Crippen LogP contribution >= 0.6 is 11.8 Å². The van der Waals surface area contributed by atoms with E-state index in [-0.39, 0.29) is 0 Å². The maximum atomic E-state index is 12.3. The fourth-order valence-electron chi connectivity index (χ4n) is 3.08. The predicted molar refractivity (Wildman–Crippen MR) is 86.3 cm³/mol. The Morgan fingerprint density at radius 2 is 1.90 bits per heavy atom. The molecule has 4 nitrogen and oxygen atoms in total. The first-order valence-corrected chi connectivity index (χ1v) is 9.06. The monoisotopic (exact) mass is 299 g/mol. The van der Waals surface area contributed by atoms with Gasteiger partial charge in [-0.1, -0.05) is 6.92 Å². The number of amides is 1. The summed E-state index contributed by atoms with van der Waals surface area (Å²) in [6.45, 7) is 7.84. The van der Waals surface area contributed by atoms with Gasteiger partial charge in [0, 0.05) is 31.4 Å². The highest BCUT2D eigenvalue weighted by Crippen LogP contribution is 2.22. The number of thioether (sulfide) groups is 1. The van der Waals surface area contributed by atoms with Crippen LogP contribution in [0.25, 0.3) is 0 Å². The van der Waals surface area contributed by atoms with E-state index in [1.165, 1.54) is 12.8 Å². The molecule has 2 aliphatic heterocycles. The van der Waals surface area contributed by atoms with E-state index in [0.29, 0.717) is 23.0 Å². The van der Waals surface area contributed by atoms with Crippen LogP contribution in [-0.2, 0) is 4.79 Å². The summed E-state index contributed by atoms with van der Waals surface area (Å²) >= 11 is 1.86. The maximum absolute atomic E-state index is 12.3. The third kappa shape index (κ3) is 4.64. The molecular formula is C15H29N3OS. The van der Waals surface area contributed by atoms with Crippen LogP contribution in [0.3, 0.4) is 0 Å². The summed E-state index contributed by atoms with van der Waals surface area (Å²) in [6.07, 6.45) is 4.68. The number of nitrogens with one attached hydrogen (secondary N) is 1. The lowest BCUT2D eigenvalue weighted by Gasteiger charge is -2.36. The van der Waals surface area contributed by atoms with E-state index in [0.717, 1.165) is 45.6 Å². The zero-order valence-electron chi connectivity index (χ0n) is 12.9. The van der Waals surface area contributed by atoms with Crippen LogP contribution in [0, 0.1) is 0 Å². The number of carbonyl (C=O) groups excluding carboxylic acids is 1. The van der Waals surface area contributed by atoms with Crippen molar-refractivity contribution >= 4 is 17.7 Å². The second kappa shape index (κ2) is 8.25. The molecule has 2 heterocycles. The fourth-order valence-corrected chi connectivity index (χ4v) is 4.23. The lowest BCUT2D eigenvalue weighted by Crippen LogP contribution is -2.46. The van der Waals surface area contributed by atoms with E-state index in [9.17, 15) is 4.79 Å².